The third-order valence-electron chi connectivity index (χ3n) is 4.13. The molecule has 18 heavy (non-hydrogen) atoms. The highest BCUT2D eigenvalue weighted by atomic mass is 15.1. The Bertz CT molecular complexity index is 415. The summed E-state index contributed by atoms with van der Waals surface area (Å²) < 4.78 is 0. The van der Waals surface area contributed by atoms with Gasteiger partial charge in [0.15, 0.2) is 0 Å². The quantitative estimate of drug-likeness (QED) is 0.878. The van der Waals surface area contributed by atoms with Crippen LogP contribution in [0.5, 0.6) is 0 Å². The van der Waals surface area contributed by atoms with Gasteiger partial charge in [0.1, 0.15) is 0 Å². The molecular formula is C16H26N2. The highest BCUT2D eigenvalue weighted by Gasteiger charge is 2.32. The van der Waals surface area contributed by atoms with E-state index < -0.39 is 0 Å². The molecule has 1 aliphatic rings. The lowest BCUT2D eigenvalue weighted by molar-refractivity contribution is 0.434. The van der Waals surface area contributed by atoms with Gasteiger partial charge >= 0.3 is 0 Å². The first-order valence-electron chi connectivity index (χ1n) is 7.01. The van der Waals surface area contributed by atoms with E-state index in [-0.39, 0.29) is 5.54 Å². The van der Waals surface area contributed by atoms with Gasteiger partial charge in [-0.15, -0.1) is 0 Å². The first-order chi connectivity index (χ1) is 8.44. The number of rotatable bonds is 3. The second-order valence-corrected chi connectivity index (χ2v) is 6.19. The summed E-state index contributed by atoms with van der Waals surface area (Å²) in [6, 6.07) is 6.94. The van der Waals surface area contributed by atoms with Gasteiger partial charge in [-0.1, -0.05) is 26.0 Å². The Kier molecular flexibility index (Phi) is 3.67. The first kappa shape index (κ1) is 13.4. The van der Waals surface area contributed by atoms with Gasteiger partial charge in [0.05, 0.1) is 0 Å². The lowest BCUT2D eigenvalue weighted by atomic mass is 9.86. The predicted molar refractivity (Wildman–Crippen MR) is 79.4 cm³/mol. The van der Waals surface area contributed by atoms with E-state index in [0.717, 1.165) is 6.54 Å². The van der Waals surface area contributed by atoms with Gasteiger partial charge in [0.25, 0.3) is 0 Å². The highest BCUT2D eigenvalue weighted by molar-refractivity contribution is 5.57. The van der Waals surface area contributed by atoms with Crippen LogP contribution in [0.15, 0.2) is 18.2 Å². The molecule has 1 aliphatic heterocycles. The molecular weight excluding hydrogens is 220 g/mol. The van der Waals surface area contributed by atoms with Crippen LogP contribution in [0.1, 0.15) is 50.7 Å². The Morgan fingerprint density at radius 2 is 2.00 bits per heavy atom. The average Bonchev–Trinajstić information content (AvgIpc) is 2.76. The third-order valence-corrected chi connectivity index (χ3v) is 4.13. The Morgan fingerprint density at radius 1 is 1.28 bits per heavy atom. The van der Waals surface area contributed by atoms with Crippen molar-refractivity contribution < 1.29 is 0 Å². The molecule has 1 aromatic rings. The zero-order valence-electron chi connectivity index (χ0n) is 12.4. The van der Waals surface area contributed by atoms with E-state index in [9.17, 15) is 0 Å². The van der Waals surface area contributed by atoms with E-state index in [2.05, 4.69) is 63.3 Å². The molecule has 2 heteroatoms. The maximum Gasteiger partial charge on any atom is 0.0427 e. The van der Waals surface area contributed by atoms with Crippen LogP contribution in [0.25, 0.3) is 0 Å². The molecule has 1 fully saturated rings. The minimum atomic E-state index is 0.143. The Hall–Kier alpha value is -1.02. The van der Waals surface area contributed by atoms with Crippen molar-refractivity contribution in [3.8, 4) is 0 Å². The molecule has 0 bridgehead atoms. The number of benzene rings is 1. The Labute approximate surface area is 111 Å². The molecule has 1 atom stereocenters. The summed E-state index contributed by atoms with van der Waals surface area (Å²) in [5.41, 5.74) is 4.38. The maximum absolute atomic E-state index is 3.68. The molecule has 1 saturated heterocycles. The molecule has 1 N–H and O–H groups in total. The molecule has 0 spiro atoms. The van der Waals surface area contributed by atoms with Gasteiger partial charge in [-0.2, -0.15) is 0 Å². The van der Waals surface area contributed by atoms with Crippen LogP contribution in [-0.2, 0) is 5.54 Å². The third kappa shape index (κ3) is 2.39. The van der Waals surface area contributed by atoms with Gasteiger partial charge < -0.3 is 10.2 Å². The highest BCUT2D eigenvalue weighted by Crippen LogP contribution is 2.37. The zero-order valence-corrected chi connectivity index (χ0v) is 12.4. The van der Waals surface area contributed by atoms with Crippen molar-refractivity contribution >= 4 is 5.69 Å². The molecule has 100 valence electrons. The van der Waals surface area contributed by atoms with Crippen molar-refractivity contribution in [1.82, 2.24) is 5.32 Å². The van der Waals surface area contributed by atoms with Gasteiger partial charge in [-0.25, -0.2) is 0 Å². The Morgan fingerprint density at radius 3 is 2.50 bits per heavy atom. The molecule has 0 aliphatic carbocycles. The summed E-state index contributed by atoms with van der Waals surface area (Å²) in [7, 11) is 4.26. The van der Waals surface area contributed by atoms with Crippen molar-refractivity contribution in [3.05, 3.63) is 29.3 Å². The van der Waals surface area contributed by atoms with Gasteiger partial charge in [0, 0.05) is 25.3 Å². The number of anilines is 1. The summed E-state index contributed by atoms with van der Waals surface area (Å²) in [6.45, 7) is 8.00. The summed E-state index contributed by atoms with van der Waals surface area (Å²) in [4.78, 5) is 2.23. The van der Waals surface area contributed by atoms with Crippen molar-refractivity contribution in [2.24, 2.45) is 0 Å². The summed E-state index contributed by atoms with van der Waals surface area (Å²) in [5, 5.41) is 3.68. The van der Waals surface area contributed by atoms with E-state index in [4.69, 9.17) is 0 Å². The molecule has 0 amide bonds. The van der Waals surface area contributed by atoms with Crippen molar-refractivity contribution in [2.75, 3.05) is 25.5 Å². The van der Waals surface area contributed by atoms with Crippen LogP contribution in [0.3, 0.4) is 0 Å². The van der Waals surface area contributed by atoms with Crippen LogP contribution in [0.4, 0.5) is 5.69 Å². The summed E-state index contributed by atoms with van der Waals surface area (Å²) in [5.74, 6) is 0.588. The SMILES string of the molecule is CC(C)c1ccc(N(C)C)c(C2(C)CCCN2)c1. The second-order valence-electron chi connectivity index (χ2n) is 6.19. The van der Waals surface area contributed by atoms with Gasteiger partial charge in [-0.05, 0) is 49.4 Å². The van der Waals surface area contributed by atoms with Gasteiger partial charge in [-0.3, -0.25) is 0 Å². The fourth-order valence-electron chi connectivity index (χ4n) is 2.87. The fourth-order valence-corrected chi connectivity index (χ4v) is 2.87. The topological polar surface area (TPSA) is 15.3 Å². The second kappa shape index (κ2) is 4.93. The van der Waals surface area contributed by atoms with Crippen LogP contribution in [-0.4, -0.2) is 20.6 Å². The molecule has 2 rings (SSSR count). The molecule has 0 saturated carbocycles. The minimum absolute atomic E-state index is 0.143. The molecule has 0 radical (unpaired) electrons. The van der Waals surface area contributed by atoms with Crippen LogP contribution in [0, 0.1) is 0 Å². The van der Waals surface area contributed by atoms with Gasteiger partial charge in [0.2, 0.25) is 0 Å². The lowest BCUT2D eigenvalue weighted by Gasteiger charge is -2.31. The normalized spacial score (nSPS) is 23.7. The number of nitrogens with one attached hydrogen (secondary N) is 1. The van der Waals surface area contributed by atoms with E-state index >= 15 is 0 Å². The van der Waals surface area contributed by atoms with Crippen molar-refractivity contribution in [2.45, 2.75) is 45.1 Å². The summed E-state index contributed by atoms with van der Waals surface area (Å²) >= 11 is 0. The molecule has 0 aromatic heterocycles. The molecule has 2 nitrogen and oxygen atoms in total. The molecule has 1 heterocycles. The van der Waals surface area contributed by atoms with E-state index in [1.165, 1.54) is 29.7 Å². The van der Waals surface area contributed by atoms with E-state index in [0.29, 0.717) is 5.92 Å². The smallest absolute Gasteiger partial charge is 0.0427 e. The van der Waals surface area contributed by atoms with Crippen molar-refractivity contribution in [3.63, 3.8) is 0 Å². The predicted octanol–water partition coefficient (Wildman–Crippen LogP) is 3.47. The standard InChI is InChI=1S/C16H26N2/c1-12(2)13-7-8-15(18(4)5)14(11-13)16(3)9-6-10-17-16/h7-8,11-12,17H,6,9-10H2,1-5H3. The number of nitrogens with zero attached hydrogens (tertiary/aromatic N) is 1. The summed E-state index contributed by atoms with van der Waals surface area (Å²) in [6.07, 6.45) is 2.50. The maximum atomic E-state index is 3.68. The monoisotopic (exact) mass is 246 g/mol. The van der Waals surface area contributed by atoms with Crippen LogP contribution < -0.4 is 10.2 Å². The molecule has 1 unspecified atom stereocenters. The molecule has 1 aromatic carbocycles. The minimum Gasteiger partial charge on any atom is -0.377 e. The lowest BCUT2D eigenvalue weighted by Crippen LogP contribution is -2.35. The van der Waals surface area contributed by atoms with Crippen LogP contribution >= 0.6 is 0 Å². The largest absolute Gasteiger partial charge is 0.377 e. The fraction of sp³-hybridized carbons (Fsp3) is 0.625. The van der Waals surface area contributed by atoms with Crippen molar-refractivity contribution in [1.29, 1.82) is 0 Å². The van der Waals surface area contributed by atoms with E-state index in [1.807, 2.05) is 0 Å². The van der Waals surface area contributed by atoms with E-state index in [1.54, 1.807) is 0 Å². The zero-order chi connectivity index (χ0) is 13.3. The van der Waals surface area contributed by atoms with Crippen LogP contribution in [0.2, 0.25) is 0 Å². The first-order valence-corrected chi connectivity index (χ1v) is 7.01. The average molecular weight is 246 g/mol. The number of hydrogen-bond donors (Lipinski definition) is 1. The Balaban J connectivity index is 2.50. The number of hydrogen-bond acceptors (Lipinski definition) is 2.